The maximum Gasteiger partial charge on any atom is 0.408 e. The Morgan fingerprint density at radius 2 is 1.88 bits per heavy atom. The summed E-state index contributed by atoms with van der Waals surface area (Å²) in [6, 6.07) is 7.27. The second-order valence-corrected chi connectivity index (χ2v) is 5.93. The van der Waals surface area contributed by atoms with Crippen LogP contribution < -0.4 is 10.1 Å². The molecule has 0 saturated carbocycles. The third-order valence-electron chi connectivity index (χ3n) is 2.18. The highest BCUT2D eigenvalue weighted by Gasteiger charge is 2.14. The van der Waals surface area contributed by atoms with Crippen LogP contribution in [0.1, 0.15) is 46.6 Å². The van der Waals surface area contributed by atoms with Crippen molar-refractivity contribution in [3.05, 3.63) is 29.8 Å². The van der Waals surface area contributed by atoms with E-state index in [1.54, 1.807) is 26.8 Å². The van der Waals surface area contributed by atoms with E-state index in [-0.39, 0.29) is 19.8 Å². The van der Waals surface area contributed by atoms with Gasteiger partial charge in [0.15, 0.2) is 0 Å². The number of carbonyl (C=O) groups excluding carboxylic acids is 1. The number of nitrogens with one attached hydrogen (secondary N) is 1. The number of hydrogen-bond acceptors (Lipinski definition) is 4. The molecular formula is C19H29NO4. The monoisotopic (exact) mass is 335 g/mol. The number of para-hydroxylation sites is 1. The predicted octanol–water partition coefficient (Wildman–Crippen LogP) is 3.35. The fourth-order valence-corrected chi connectivity index (χ4v) is 1.42. The molecule has 0 spiro atoms. The van der Waals surface area contributed by atoms with E-state index >= 15 is 0 Å². The number of amides is 1. The van der Waals surface area contributed by atoms with Crippen LogP contribution in [0.4, 0.5) is 4.79 Å². The van der Waals surface area contributed by atoms with Gasteiger partial charge in [0.25, 0.3) is 0 Å². The van der Waals surface area contributed by atoms with E-state index in [9.17, 15) is 4.79 Å². The largest absolute Gasteiger partial charge is 0.490 e. The standard InChI is InChI=1S/C16H21NO4.C3H8/c1-16(2,3)21-15(19)17-10-6-8-13-7-4-5-9-14(13)20-12-11-18;1-3-2/h4-5,7,9,18H,10-12H2,1-3H3,(H,17,19);3H2,1-2H3. The Hall–Kier alpha value is -2.19. The second kappa shape index (κ2) is 12.3. The molecule has 5 heteroatoms. The first-order valence-corrected chi connectivity index (χ1v) is 8.12. The van der Waals surface area contributed by atoms with Crippen molar-refractivity contribution >= 4 is 6.09 Å². The lowest BCUT2D eigenvalue weighted by Crippen LogP contribution is -2.32. The Morgan fingerprint density at radius 3 is 2.46 bits per heavy atom. The minimum atomic E-state index is -0.526. The van der Waals surface area contributed by atoms with E-state index in [1.807, 2.05) is 18.2 Å². The molecule has 0 heterocycles. The van der Waals surface area contributed by atoms with Crippen molar-refractivity contribution in [1.29, 1.82) is 0 Å². The molecule has 1 aromatic rings. The van der Waals surface area contributed by atoms with Crippen LogP contribution in [0.15, 0.2) is 24.3 Å². The lowest BCUT2D eigenvalue weighted by atomic mass is 10.2. The lowest BCUT2D eigenvalue weighted by Gasteiger charge is -2.19. The summed E-state index contributed by atoms with van der Waals surface area (Å²) in [5.41, 5.74) is 0.180. The predicted molar refractivity (Wildman–Crippen MR) is 96.1 cm³/mol. The molecule has 0 radical (unpaired) electrons. The summed E-state index contributed by atoms with van der Waals surface area (Å²) in [5, 5.41) is 11.3. The van der Waals surface area contributed by atoms with Crippen molar-refractivity contribution in [3.8, 4) is 17.6 Å². The first kappa shape index (κ1) is 21.8. The highest BCUT2D eigenvalue weighted by molar-refractivity contribution is 5.68. The second-order valence-electron chi connectivity index (χ2n) is 5.93. The number of aliphatic hydroxyl groups excluding tert-OH is 1. The van der Waals surface area contributed by atoms with Gasteiger partial charge in [0.1, 0.15) is 18.0 Å². The van der Waals surface area contributed by atoms with Crippen molar-refractivity contribution in [2.75, 3.05) is 19.8 Å². The molecule has 0 bridgehead atoms. The first-order chi connectivity index (χ1) is 11.3. The number of aliphatic hydroxyl groups is 1. The molecule has 0 saturated heterocycles. The summed E-state index contributed by atoms with van der Waals surface area (Å²) in [6.07, 6.45) is 0.751. The van der Waals surface area contributed by atoms with Gasteiger partial charge in [0.2, 0.25) is 0 Å². The lowest BCUT2D eigenvalue weighted by molar-refractivity contribution is 0.0535. The molecule has 5 nitrogen and oxygen atoms in total. The number of rotatable bonds is 4. The zero-order valence-corrected chi connectivity index (χ0v) is 15.3. The molecule has 1 aromatic carbocycles. The number of ether oxygens (including phenoxy) is 2. The van der Waals surface area contributed by atoms with Gasteiger partial charge in [-0.2, -0.15) is 0 Å². The van der Waals surface area contributed by atoms with Crippen LogP contribution in [0.5, 0.6) is 5.75 Å². The van der Waals surface area contributed by atoms with Crippen LogP contribution in [0.2, 0.25) is 0 Å². The van der Waals surface area contributed by atoms with Gasteiger partial charge < -0.3 is 19.9 Å². The molecule has 0 aliphatic heterocycles. The summed E-state index contributed by atoms with van der Waals surface area (Å²) >= 11 is 0. The average Bonchev–Trinajstić information content (AvgIpc) is 2.49. The van der Waals surface area contributed by atoms with Gasteiger partial charge in [-0.3, -0.25) is 0 Å². The molecule has 1 amide bonds. The minimum absolute atomic E-state index is 0.0536. The summed E-state index contributed by atoms with van der Waals surface area (Å²) in [7, 11) is 0. The maximum atomic E-state index is 11.4. The third-order valence-corrected chi connectivity index (χ3v) is 2.18. The Labute approximate surface area is 145 Å². The van der Waals surface area contributed by atoms with Gasteiger partial charge in [-0.1, -0.05) is 44.2 Å². The van der Waals surface area contributed by atoms with Crippen LogP contribution in [0.3, 0.4) is 0 Å². The van der Waals surface area contributed by atoms with Gasteiger partial charge in [0.05, 0.1) is 18.7 Å². The Balaban J connectivity index is 0.00000163. The van der Waals surface area contributed by atoms with Crippen molar-refractivity contribution < 1.29 is 19.4 Å². The van der Waals surface area contributed by atoms with E-state index in [1.165, 1.54) is 6.42 Å². The SMILES string of the molecule is CC(C)(C)OC(=O)NCC#Cc1ccccc1OCCO.CCC. The molecule has 0 aliphatic carbocycles. The van der Waals surface area contributed by atoms with E-state index in [4.69, 9.17) is 14.6 Å². The fraction of sp³-hybridized carbons (Fsp3) is 0.526. The van der Waals surface area contributed by atoms with Crippen molar-refractivity contribution in [1.82, 2.24) is 5.32 Å². The van der Waals surface area contributed by atoms with E-state index in [0.29, 0.717) is 11.3 Å². The van der Waals surface area contributed by atoms with Gasteiger partial charge in [-0.25, -0.2) is 4.79 Å². The highest BCUT2D eigenvalue weighted by atomic mass is 16.6. The summed E-state index contributed by atoms with van der Waals surface area (Å²) in [5.74, 6) is 6.35. The zero-order valence-electron chi connectivity index (χ0n) is 15.3. The summed E-state index contributed by atoms with van der Waals surface area (Å²) < 4.78 is 10.5. The van der Waals surface area contributed by atoms with Gasteiger partial charge in [0, 0.05) is 0 Å². The van der Waals surface area contributed by atoms with Crippen LogP contribution >= 0.6 is 0 Å². The molecule has 0 unspecified atom stereocenters. The Kier molecular flexibility index (Phi) is 11.1. The molecule has 24 heavy (non-hydrogen) atoms. The van der Waals surface area contributed by atoms with E-state index in [0.717, 1.165) is 0 Å². The summed E-state index contributed by atoms with van der Waals surface area (Å²) in [6.45, 7) is 9.99. The highest BCUT2D eigenvalue weighted by Crippen LogP contribution is 2.16. The quantitative estimate of drug-likeness (QED) is 0.828. The molecule has 0 atom stereocenters. The van der Waals surface area contributed by atoms with Crippen molar-refractivity contribution in [3.63, 3.8) is 0 Å². The average molecular weight is 335 g/mol. The van der Waals surface area contributed by atoms with Crippen LogP contribution in [-0.2, 0) is 4.74 Å². The first-order valence-electron chi connectivity index (χ1n) is 8.12. The molecule has 1 rings (SSSR count). The Bertz CT molecular complexity index is 538. The molecule has 0 aromatic heterocycles. The number of carbonyl (C=O) groups is 1. The molecule has 0 aliphatic rings. The van der Waals surface area contributed by atoms with Gasteiger partial charge in [-0.15, -0.1) is 0 Å². The van der Waals surface area contributed by atoms with E-state index in [2.05, 4.69) is 31.0 Å². The zero-order chi connectivity index (χ0) is 18.4. The van der Waals surface area contributed by atoms with Gasteiger partial charge >= 0.3 is 6.09 Å². The smallest absolute Gasteiger partial charge is 0.408 e. The number of alkyl carbamates (subject to hydrolysis) is 1. The van der Waals surface area contributed by atoms with Gasteiger partial charge in [-0.05, 0) is 32.9 Å². The summed E-state index contributed by atoms with van der Waals surface area (Å²) in [4.78, 5) is 11.4. The van der Waals surface area contributed by atoms with Crippen LogP contribution in [0, 0.1) is 11.8 Å². The third kappa shape index (κ3) is 11.4. The molecule has 2 N–H and O–H groups in total. The van der Waals surface area contributed by atoms with E-state index < -0.39 is 11.7 Å². The maximum absolute atomic E-state index is 11.4. The van der Waals surface area contributed by atoms with Crippen LogP contribution in [0.25, 0.3) is 0 Å². The fourth-order valence-electron chi connectivity index (χ4n) is 1.42. The normalized spacial score (nSPS) is 9.75. The van der Waals surface area contributed by atoms with Crippen LogP contribution in [-0.4, -0.2) is 36.6 Å². The minimum Gasteiger partial charge on any atom is -0.490 e. The number of benzene rings is 1. The van der Waals surface area contributed by atoms with Crippen molar-refractivity contribution in [2.24, 2.45) is 0 Å². The molecule has 0 fully saturated rings. The Morgan fingerprint density at radius 1 is 1.25 bits per heavy atom. The van der Waals surface area contributed by atoms with Crippen molar-refractivity contribution in [2.45, 2.75) is 46.6 Å². The topological polar surface area (TPSA) is 67.8 Å². The molecule has 134 valence electrons. The molecular weight excluding hydrogens is 306 g/mol. The number of hydrogen-bond donors (Lipinski definition) is 2.